The number of nitrogens with zero attached hydrogens (tertiary/aromatic N) is 2. The van der Waals surface area contributed by atoms with Crippen molar-refractivity contribution in [3.8, 4) is 0 Å². The van der Waals surface area contributed by atoms with Gasteiger partial charge in [0.25, 0.3) is 0 Å². The van der Waals surface area contributed by atoms with Crippen LogP contribution in [0.3, 0.4) is 0 Å². The number of hydrogen-bond donors (Lipinski definition) is 2. The van der Waals surface area contributed by atoms with Crippen molar-refractivity contribution in [3.63, 3.8) is 0 Å². The highest BCUT2D eigenvalue weighted by Crippen LogP contribution is 2.23. The lowest BCUT2D eigenvalue weighted by atomic mass is 9.91. The third-order valence-electron chi connectivity index (χ3n) is 4.35. The van der Waals surface area contributed by atoms with Crippen molar-refractivity contribution in [2.24, 2.45) is 4.99 Å². The highest BCUT2D eigenvalue weighted by atomic mass is 32.2. The zero-order valence-corrected chi connectivity index (χ0v) is 17.7. The van der Waals surface area contributed by atoms with Crippen LogP contribution in [0.5, 0.6) is 0 Å². The van der Waals surface area contributed by atoms with Gasteiger partial charge in [-0.2, -0.15) is 11.8 Å². The molecular formula is C22H30N4OS. The Kier molecular flexibility index (Phi) is 9.42. The molecule has 0 aliphatic carbocycles. The molecule has 5 nitrogen and oxygen atoms in total. The van der Waals surface area contributed by atoms with E-state index >= 15 is 0 Å². The van der Waals surface area contributed by atoms with E-state index in [1.807, 2.05) is 12.1 Å². The van der Waals surface area contributed by atoms with Gasteiger partial charge in [-0.3, -0.25) is 4.79 Å². The van der Waals surface area contributed by atoms with E-state index in [9.17, 15) is 4.79 Å². The van der Waals surface area contributed by atoms with Crippen LogP contribution >= 0.6 is 11.8 Å². The van der Waals surface area contributed by atoms with Crippen LogP contribution in [0.15, 0.2) is 65.7 Å². The lowest BCUT2D eigenvalue weighted by molar-refractivity contribution is -0.127. The summed E-state index contributed by atoms with van der Waals surface area (Å²) < 4.78 is 0. The fourth-order valence-electron chi connectivity index (χ4n) is 2.73. The molecule has 6 heteroatoms. The number of likely N-dealkylation sites (N-methyl/N-ethyl adjacent to an activating group) is 1. The van der Waals surface area contributed by atoms with E-state index in [0.29, 0.717) is 12.5 Å². The third-order valence-corrected chi connectivity index (χ3v) is 4.96. The Bertz CT molecular complexity index is 695. The number of carbonyl (C=O) groups excluding carboxylic acids is 1. The molecule has 0 atom stereocenters. The topological polar surface area (TPSA) is 56.7 Å². The molecule has 0 saturated heterocycles. The Morgan fingerprint density at radius 1 is 1.00 bits per heavy atom. The van der Waals surface area contributed by atoms with Gasteiger partial charge in [0.15, 0.2) is 5.96 Å². The van der Waals surface area contributed by atoms with Crippen LogP contribution in [0.2, 0.25) is 0 Å². The van der Waals surface area contributed by atoms with Gasteiger partial charge in [0.2, 0.25) is 5.91 Å². The highest BCUT2D eigenvalue weighted by Gasteiger charge is 2.14. The zero-order valence-electron chi connectivity index (χ0n) is 16.9. The van der Waals surface area contributed by atoms with Gasteiger partial charge in [0.1, 0.15) is 6.54 Å². The van der Waals surface area contributed by atoms with Gasteiger partial charge < -0.3 is 15.5 Å². The summed E-state index contributed by atoms with van der Waals surface area (Å²) in [6.45, 7) is 1.61. The number of guanidine groups is 1. The van der Waals surface area contributed by atoms with Gasteiger partial charge in [-0.25, -0.2) is 4.99 Å². The molecule has 0 spiro atoms. The molecule has 28 heavy (non-hydrogen) atoms. The summed E-state index contributed by atoms with van der Waals surface area (Å²) in [5, 5.41) is 6.75. The number of benzene rings is 2. The van der Waals surface area contributed by atoms with Gasteiger partial charge in [0.05, 0.1) is 0 Å². The lowest BCUT2D eigenvalue weighted by Gasteiger charge is -2.21. The third kappa shape index (κ3) is 7.27. The van der Waals surface area contributed by atoms with E-state index in [-0.39, 0.29) is 18.4 Å². The smallest absolute Gasteiger partial charge is 0.243 e. The molecule has 0 unspecified atom stereocenters. The van der Waals surface area contributed by atoms with E-state index in [1.165, 1.54) is 11.1 Å². The largest absolute Gasteiger partial charge is 0.356 e. The van der Waals surface area contributed by atoms with Gasteiger partial charge in [-0.1, -0.05) is 60.7 Å². The normalized spacial score (nSPS) is 11.4. The average molecular weight is 399 g/mol. The van der Waals surface area contributed by atoms with E-state index in [1.54, 1.807) is 30.8 Å². The molecule has 2 N–H and O–H groups in total. The Balaban J connectivity index is 2.13. The van der Waals surface area contributed by atoms with Crippen LogP contribution in [0, 0.1) is 0 Å². The first-order valence-corrected chi connectivity index (χ1v) is 10.8. The summed E-state index contributed by atoms with van der Waals surface area (Å²) in [7, 11) is 3.49. The highest BCUT2D eigenvalue weighted by molar-refractivity contribution is 7.98. The van der Waals surface area contributed by atoms with Crippen molar-refractivity contribution in [1.29, 1.82) is 0 Å². The van der Waals surface area contributed by atoms with Crippen molar-refractivity contribution in [2.45, 2.75) is 5.92 Å². The zero-order chi connectivity index (χ0) is 20.2. The monoisotopic (exact) mass is 398 g/mol. The van der Waals surface area contributed by atoms with Crippen molar-refractivity contribution in [3.05, 3.63) is 71.8 Å². The Hall–Kier alpha value is -2.47. The van der Waals surface area contributed by atoms with E-state index in [2.05, 4.69) is 70.4 Å². The molecule has 0 aliphatic rings. The van der Waals surface area contributed by atoms with Crippen molar-refractivity contribution < 1.29 is 4.79 Å². The van der Waals surface area contributed by atoms with Crippen molar-refractivity contribution >= 4 is 23.6 Å². The van der Waals surface area contributed by atoms with Crippen LogP contribution in [0.4, 0.5) is 0 Å². The molecule has 0 heterocycles. The quantitative estimate of drug-likeness (QED) is 0.387. The standard InChI is InChI=1S/C22H30N4OS/c1-26(2)21(27)17-25-22(23-14-15-28-3)24-16-20(18-10-6-4-7-11-18)19-12-8-5-9-13-19/h4-13,20H,14-17H2,1-3H3,(H2,23,24,25). The molecule has 2 aromatic rings. The fourth-order valence-corrected chi connectivity index (χ4v) is 3.04. The first kappa shape index (κ1) is 21.8. The minimum Gasteiger partial charge on any atom is -0.356 e. The molecule has 1 amide bonds. The second kappa shape index (κ2) is 12.1. The summed E-state index contributed by atoms with van der Waals surface area (Å²) in [5.41, 5.74) is 2.49. The number of rotatable bonds is 9. The maximum Gasteiger partial charge on any atom is 0.243 e. The molecule has 150 valence electrons. The number of thioether (sulfide) groups is 1. The number of aliphatic imine (C=N–C) groups is 1. The maximum absolute atomic E-state index is 11.9. The molecule has 2 rings (SSSR count). The summed E-state index contributed by atoms with van der Waals surface area (Å²) in [6, 6.07) is 20.9. The van der Waals surface area contributed by atoms with Crippen molar-refractivity contribution in [1.82, 2.24) is 15.5 Å². The lowest BCUT2D eigenvalue weighted by Crippen LogP contribution is -2.41. The van der Waals surface area contributed by atoms with Crippen LogP contribution in [-0.4, -0.2) is 62.5 Å². The van der Waals surface area contributed by atoms with Crippen LogP contribution in [0.25, 0.3) is 0 Å². The summed E-state index contributed by atoms with van der Waals surface area (Å²) in [5.74, 6) is 1.82. The Labute approximate surface area is 172 Å². The molecule has 2 aromatic carbocycles. The fraction of sp³-hybridized carbons (Fsp3) is 0.364. The molecule has 0 radical (unpaired) electrons. The number of carbonyl (C=O) groups is 1. The minimum atomic E-state index is -0.0198. The van der Waals surface area contributed by atoms with Crippen LogP contribution < -0.4 is 10.6 Å². The predicted molar refractivity (Wildman–Crippen MR) is 120 cm³/mol. The Morgan fingerprint density at radius 3 is 2.07 bits per heavy atom. The maximum atomic E-state index is 11.9. The van der Waals surface area contributed by atoms with Gasteiger partial charge in [0, 0.05) is 38.9 Å². The summed E-state index contributed by atoms with van der Waals surface area (Å²) in [6.07, 6.45) is 2.07. The van der Waals surface area contributed by atoms with Crippen LogP contribution in [0.1, 0.15) is 17.0 Å². The number of nitrogens with one attached hydrogen (secondary N) is 2. The number of amides is 1. The van der Waals surface area contributed by atoms with Gasteiger partial charge >= 0.3 is 0 Å². The minimum absolute atomic E-state index is 0.0198. The second-order valence-electron chi connectivity index (χ2n) is 6.63. The van der Waals surface area contributed by atoms with E-state index < -0.39 is 0 Å². The van der Waals surface area contributed by atoms with Gasteiger partial charge in [-0.15, -0.1) is 0 Å². The van der Waals surface area contributed by atoms with E-state index in [4.69, 9.17) is 0 Å². The summed E-state index contributed by atoms with van der Waals surface area (Å²) in [4.78, 5) is 17.9. The molecular weight excluding hydrogens is 368 g/mol. The molecule has 0 aromatic heterocycles. The average Bonchev–Trinajstić information content (AvgIpc) is 2.73. The summed E-state index contributed by atoms with van der Waals surface area (Å²) >= 11 is 1.77. The van der Waals surface area contributed by atoms with Crippen LogP contribution in [-0.2, 0) is 4.79 Å². The predicted octanol–water partition coefficient (Wildman–Crippen LogP) is 2.80. The van der Waals surface area contributed by atoms with E-state index in [0.717, 1.165) is 12.3 Å². The Morgan fingerprint density at radius 2 is 1.57 bits per heavy atom. The van der Waals surface area contributed by atoms with Crippen molar-refractivity contribution in [2.75, 3.05) is 45.7 Å². The number of hydrogen-bond acceptors (Lipinski definition) is 3. The molecule has 0 aliphatic heterocycles. The first-order chi connectivity index (χ1) is 13.6. The molecule has 0 saturated carbocycles. The molecule has 0 bridgehead atoms. The first-order valence-electron chi connectivity index (χ1n) is 9.43. The SMILES string of the molecule is CSCCNC(=NCC(=O)N(C)C)NCC(c1ccccc1)c1ccccc1. The van der Waals surface area contributed by atoms with Gasteiger partial charge in [-0.05, 0) is 17.4 Å². The second-order valence-corrected chi connectivity index (χ2v) is 7.61. The molecule has 0 fully saturated rings.